The smallest absolute Gasteiger partial charge is 0.250 e. The number of nitrogens with one attached hydrogen (secondary N) is 1. The molecule has 0 fully saturated rings. The number of rotatable bonds is 8. The lowest BCUT2D eigenvalue weighted by Gasteiger charge is -2.09. The van der Waals surface area contributed by atoms with Crippen LogP contribution in [-0.4, -0.2) is 27.4 Å². The molecular formula is C23H19ClN4O2S. The number of imidazole rings is 1. The fourth-order valence-corrected chi connectivity index (χ4v) is 3.86. The van der Waals surface area contributed by atoms with Crippen LogP contribution in [0.25, 0.3) is 17.1 Å². The standard InChI is InChI=1S/C23H19ClN4O2S/c24-18-11-9-17(10-12-18)15-28-21-8-2-1-7-20(21)26-23(28)31-16-22(29)27-25-13-3-5-19-6-4-14-30-19/h1-14H,15-16H2,(H,27,29). The zero-order valence-corrected chi connectivity index (χ0v) is 18.0. The summed E-state index contributed by atoms with van der Waals surface area (Å²) in [6.07, 6.45) is 6.54. The van der Waals surface area contributed by atoms with Crippen LogP contribution in [0.15, 0.2) is 87.7 Å². The molecule has 1 amide bonds. The number of hydrogen-bond acceptors (Lipinski definition) is 5. The molecule has 156 valence electrons. The molecule has 0 aliphatic rings. The van der Waals surface area contributed by atoms with Gasteiger partial charge in [-0.25, -0.2) is 10.4 Å². The summed E-state index contributed by atoms with van der Waals surface area (Å²) in [5, 5.41) is 5.39. The molecule has 0 bridgehead atoms. The van der Waals surface area contributed by atoms with E-state index in [4.69, 9.17) is 21.0 Å². The Morgan fingerprint density at radius 1 is 1.16 bits per heavy atom. The molecule has 0 atom stereocenters. The monoisotopic (exact) mass is 450 g/mol. The fraction of sp³-hybridized carbons (Fsp3) is 0.0870. The lowest BCUT2D eigenvalue weighted by molar-refractivity contribution is -0.118. The molecule has 0 unspecified atom stereocenters. The van der Waals surface area contributed by atoms with Crippen LogP contribution in [0, 0.1) is 0 Å². The van der Waals surface area contributed by atoms with Crippen LogP contribution in [0.1, 0.15) is 11.3 Å². The molecule has 2 aromatic carbocycles. The Morgan fingerprint density at radius 2 is 2.00 bits per heavy atom. The quantitative estimate of drug-likeness (QED) is 0.226. The third-order valence-corrected chi connectivity index (χ3v) is 5.59. The number of aromatic nitrogens is 2. The van der Waals surface area contributed by atoms with E-state index in [1.165, 1.54) is 18.0 Å². The molecule has 0 aliphatic carbocycles. The zero-order chi connectivity index (χ0) is 21.5. The Balaban J connectivity index is 1.40. The van der Waals surface area contributed by atoms with Crippen molar-refractivity contribution in [3.63, 3.8) is 0 Å². The van der Waals surface area contributed by atoms with Gasteiger partial charge in [0, 0.05) is 11.2 Å². The Hall–Kier alpha value is -3.29. The largest absolute Gasteiger partial charge is 0.465 e. The summed E-state index contributed by atoms with van der Waals surface area (Å²) in [4.78, 5) is 16.9. The number of carbonyl (C=O) groups is 1. The van der Waals surface area contributed by atoms with E-state index in [0.717, 1.165) is 21.8 Å². The van der Waals surface area contributed by atoms with Crippen LogP contribution < -0.4 is 5.43 Å². The first-order chi connectivity index (χ1) is 15.2. The summed E-state index contributed by atoms with van der Waals surface area (Å²) in [5.74, 6) is 0.703. The first-order valence-electron chi connectivity index (χ1n) is 9.53. The third kappa shape index (κ3) is 5.65. The topological polar surface area (TPSA) is 72.4 Å². The van der Waals surface area contributed by atoms with Gasteiger partial charge in [-0.15, -0.1) is 0 Å². The molecule has 8 heteroatoms. The number of carbonyl (C=O) groups excluding carboxylic acids is 1. The van der Waals surface area contributed by atoms with Crippen LogP contribution in [0.2, 0.25) is 5.02 Å². The minimum absolute atomic E-state index is 0.198. The number of amides is 1. The van der Waals surface area contributed by atoms with Crippen molar-refractivity contribution in [1.29, 1.82) is 0 Å². The number of nitrogens with zero attached hydrogens (tertiary/aromatic N) is 3. The summed E-state index contributed by atoms with van der Waals surface area (Å²) < 4.78 is 7.28. The number of allylic oxidation sites excluding steroid dienone is 1. The van der Waals surface area contributed by atoms with Crippen LogP contribution in [0.4, 0.5) is 0 Å². The van der Waals surface area contributed by atoms with Crippen LogP contribution in [0.5, 0.6) is 0 Å². The Morgan fingerprint density at radius 3 is 2.81 bits per heavy atom. The number of halogens is 1. The lowest BCUT2D eigenvalue weighted by Crippen LogP contribution is -2.19. The maximum Gasteiger partial charge on any atom is 0.250 e. The van der Waals surface area contributed by atoms with Crippen LogP contribution in [0.3, 0.4) is 0 Å². The van der Waals surface area contributed by atoms with E-state index in [1.54, 1.807) is 24.5 Å². The highest BCUT2D eigenvalue weighted by Gasteiger charge is 2.13. The Bertz CT molecular complexity index is 1210. The number of furan rings is 1. The van der Waals surface area contributed by atoms with Gasteiger partial charge in [0.05, 0.1) is 29.6 Å². The van der Waals surface area contributed by atoms with Crippen LogP contribution in [-0.2, 0) is 11.3 Å². The van der Waals surface area contributed by atoms with E-state index in [1.807, 2.05) is 54.6 Å². The van der Waals surface area contributed by atoms with Gasteiger partial charge in [-0.1, -0.05) is 47.6 Å². The Labute approximate surface area is 188 Å². The van der Waals surface area contributed by atoms with Gasteiger partial charge in [0.2, 0.25) is 0 Å². The predicted octanol–water partition coefficient (Wildman–Crippen LogP) is 5.24. The van der Waals surface area contributed by atoms with E-state index < -0.39 is 0 Å². The van der Waals surface area contributed by atoms with Gasteiger partial charge < -0.3 is 8.98 Å². The average Bonchev–Trinajstić information content (AvgIpc) is 3.42. The molecule has 6 nitrogen and oxygen atoms in total. The minimum Gasteiger partial charge on any atom is -0.465 e. The Kier molecular flexibility index (Phi) is 6.86. The van der Waals surface area contributed by atoms with Gasteiger partial charge in [-0.2, -0.15) is 5.10 Å². The van der Waals surface area contributed by atoms with Crippen molar-refractivity contribution in [3.8, 4) is 0 Å². The van der Waals surface area contributed by atoms with Crippen molar-refractivity contribution in [2.75, 3.05) is 5.75 Å². The number of fused-ring (bicyclic) bond motifs is 1. The number of para-hydroxylation sites is 2. The zero-order valence-electron chi connectivity index (χ0n) is 16.4. The fourth-order valence-electron chi connectivity index (χ4n) is 2.93. The predicted molar refractivity (Wildman–Crippen MR) is 125 cm³/mol. The van der Waals surface area contributed by atoms with E-state index >= 15 is 0 Å². The molecule has 2 aromatic heterocycles. The van der Waals surface area contributed by atoms with E-state index in [0.29, 0.717) is 17.3 Å². The van der Waals surface area contributed by atoms with Gasteiger partial charge in [-0.05, 0) is 54.1 Å². The number of hydrogen-bond donors (Lipinski definition) is 1. The summed E-state index contributed by atoms with van der Waals surface area (Å²) in [5.41, 5.74) is 5.53. The van der Waals surface area contributed by atoms with E-state index in [9.17, 15) is 4.79 Å². The second kappa shape index (κ2) is 10.1. The van der Waals surface area contributed by atoms with Gasteiger partial charge in [0.1, 0.15) is 5.76 Å². The first kappa shape index (κ1) is 21.0. The molecule has 4 rings (SSSR count). The lowest BCUT2D eigenvalue weighted by atomic mass is 10.2. The molecule has 0 radical (unpaired) electrons. The highest BCUT2D eigenvalue weighted by Crippen LogP contribution is 2.25. The van der Waals surface area contributed by atoms with Gasteiger partial charge >= 0.3 is 0 Å². The molecular weight excluding hydrogens is 432 g/mol. The summed E-state index contributed by atoms with van der Waals surface area (Å²) in [6.45, 7) is 0.636. The van der Waals surface area contributed by atoms with Gasteiger partial charge in [0.15, 0.2) is 5.16 Å². The van der Waals surface area contributed by atoms with Crippen molar-refractivity contribution in [1.82, 2.24) is 15.0 Å². The number of hydrazone groups is 1. The van der Waals surface area contributed by atoms with Crippen molar-refractivity contribution in [2.24, 2.45) is 5.10 Å². The third-order valence-electron chi connectivity index (χ3n) is 4.36. The van der Waals surface area contributed by atoms with Crippen molar-refractivity contribution >= 4 is 52.6 Å². The minimum atomic E-state index is -0.210. The van der Waals surface area contributed by atoms with Crippen molar-refractivity contribution in [3.05, 3.63) is 89.3 Å². The normalized spacial score (nSPS) is 11.6. The molecule has 0 saturated carbocycles. The molecule has 1 N–H and O–H groups in total. The maximum atomic E-state index is 12.2. The van der Waals surface area contributed by atoms with E-state index in [2.05, 4.69) is 15.1 Å². The highest BCUT2D eigenvalue weighted by atomic mass is 35.5. The summed E-state index contributed by atoms with van der Waals surface area (Å²) in [7, 11) is 0. The average molecular weight is 451 g/mol. The van der Waals surface area contributed by atoms with Gasteiger partial charge in [-0.3, -0.25) is 4.79 Å². The first-order valence-corrected chi connectivity index (χ1v) is 10.9. The molecule has 2 heterocycles. The van der Waals surface area contributed by atoms with E-state index in [-0.39, 0.29) is 11.7 Å². The molecule has 4 aromatic rings. The summed E-state index contributed by atoms with van der Waals surface area (Å²) in [6, 6.07) is 19.3. The molecule has 0 aliphatic heterocycles. The van der Waals surface area contributed by atoms with Crippen LogP contribution >= 0.6 is 23.4 Å². The SMILES string of the molecule is O=C(CSc1nc2ccccc2n1Cc1ccc(Cl)cc1)NN=CC=Cc1ccco1. The number of benzene rings is 2. The van der Waals surface area contributed by atoms with Crippen molar-refractivity contribution < 1.29 is 9.21 Å². The molecule has 31 heavy (non-hydrogen) atoms. The van der Waals surface area contributed by atoms with Crippen molar-refractivity contribution in [2.45, 2.75) is 11.7 Å². The maximum absolute atomic E-state index is 12.2. The second-order valence-corrected chi connectivity index (χ2v) is 7.95. The number of thioether (sulfide) groups is 1. The van der Waals surface area contributed by atoms with Gasteiger partial charge in [0.25, 0.3) is 5.91 Å². The summed E-state index contributed by atoms with van der Waals surface area (Å²) >= 11 is 7.38. The highest BCUT2D eigenvalue weighted by molar-refractivity contribution is 7.99. The molecule has 0 spiro atoms. The molecule has 0 saturated heterocycles. The second-order valence-electron chi connectivity index (χ2n) is 6.57.